The zero-order valence-corrected chi connectivity index (χ0v) is 21.4. The van der Waals surface area contributed by atoms with Gasteiger partial charge in [-0.25, -0.2) is 9.78 Å². The van der Waals surface area contributed by atoms with E-state index < -0.39 is 5.69 Å². The lowest BCUT2D eigenvalue weighted by Gasteiger charge is -2.42. The second kappa shape index (κ2) is 9.43. The SMILES string of the molecule is CC[C@H]1CN(c2cccc3[nH]c(-c4ccc(C(C)(C)C)cc4)nc23)CCN1Cc1c[nH]c(=O)[nH]c1=O. The molecule has 2 aromatic heterocycles. The molecule has 2 aromatic carbocycles. The quantitative estimate of drug-likeness (QED) is 0.396. The predicted octanol–water partition coefficient (Wildman–Crippen LogP) is 4.00. The molecule has 1 atom stereocenters. The number of fused-ring (bicyclic) bond motifs is 1. The van der Waals surface area contributed by atoms with Crippen LogP contribution in [0.3, 0.4) is 0 Å². The first-order chi connectivity index (χ1) is 17.2. The lowest BCUT2D eigenvalue weighted by molar-refractivity contribution is 0.163. The van der Waals surface area contributed by atoms with Crippen molar-refractivity contribution in [3.63, 3.8) is 0 Å². The summed E-state index contributed by atoms with van der Waals surface area (Å²) in [6, 6.07) is 15.2. The van der Waals surface area contributed by atoms with E-state index in [9.17, 15) is 9.59 Å². The summed E-state index contributed by atoms with van der Waals surface area (Å²) in [5.41, 5.74) is 5.41. The molecule has 1 aliphatic heterocycles. The van der Waals surface area contributed by atoms with Gasteiger partial charge in [0, 0.05) is 49.5 Å². The van der Waals surface area contributed by atoms with Crippen molar-refractivity contribution < 1.29 is 0 Å². The van der Waals surface area contributed by atoms with E-state index in [2.05, 4.69) is 94.9 Å². The van der Waals surface area contributed by atoms with E-state index in [0.29, 0.717) is 12.1 Å². The van der Waals surface area contributed by atoms with E-state index in [1.54, 1.807) is 0 Å². The summed E-state index contributed by atoms with van der Waals surface area (Å²) in [7, 11) is 0. The van der Waals surface area contributed by atoms with Crippen LogP contribution in [0.2, 0.25) is 0 Å². The van der Waals surface area contributed by atoms with Crippen LogP contribution in [-0.2, 0) is 12.0 Å². The molecule has 8 nitrogen and oxygen atoms in total. The summed E-state index contributed by atoms with van der Waals surface area (Å²) in [4.78, 5) is 41.7. The molecular weight excluding hydrogens is 452 g/mol. The van der Waals surface area contributed by atoms with Crippen molar-refractivity contribution in [1.82, 2.24) is 24.8 Å². The van der Waals surface area contributed by atoms with Crippen molar-refractivity contribution in [3.8, 4) is 11.4 Å². The van der Waals surface area contributed by atoms with E-state index in [4.69, 9.17) is 4.98 Å². The molecule has 0 bridgehead atoms. The van der Waals surface area contributed by atoms with Gasteiger partial charge in [0.1, 0.15) is 11.3 Å². The van der Waals surface area contributed by atoms with Gasteiger partial charge in [-0.15, -0.1) is 0 Å². The Bertz CT molecular complexity index is 1470. The normalized spacial score (nSPS) is 17.1. The third kappa shape index (κ3) is 4.73. The molecule has 3 N–H and O–H groups in total. The highest BCUT2D eigenvalue weighted by Gasteiger charge is 2.28. The maximum atomic E-state index is 12.2. The number of hydrogen-bond donors (Lipinski definition) is 3. The van der Waals surface area contributed by atoms with E-state index in [0.717, 1.165) is 54.2 Å². The van der Waals surface area contributed by atoms with E-state index in [1.165, 1.54) is 11.8 Å². The number of aromatic nitrogens is 4. The molecule has 0 spiro atoms. The Labute approximate surface area is 210 Å². The molecule has 8 heteroatoms. The number of hydrogen-bond acceptors (Lipinski definition) is 5. The number of imidazole rings is 1. The zero-order valence-electron chi connectivity index (χ0n) is 21.4. The second-order valence-corrected chi connectivity index (χ2v) is 10.7. The van der Waals surface area contributed by atoms with Crippen LogP contribution in [0.25, 0.3) is 22.4 Å². The van der Waals surface area contributed by atoms with Gasteiger partial charge in [0.25, 0.3) is 5.56 Å². The van der Waals surface area contributed by atoms with Gasteiger partial charge in [-0.2, -0.15) is 0 Å². The number of aromatic amines is 3. The Kier molecular flexibility index (Phi) is 6.30. The molecule has 188 valence electrons. The number of nitrogens with one attached hydrogen (secondary N) is 3. The van der Waals surface area contributed by atoms with Gasteiger partial charge in [0.05, 0.1) is 11.2 Å². The number of para-hydroxylation sites is 1. The minimum absolute atomic E-state index is 0.114. The molecule has 1 fully saturated rings. The summed E-state index contributed by atoms with van der Waals surface area (Å²) in [6.45, 7) is 11.8. The minimum atomic E-state index is -0.475. The maximum absolute atomic E-state index is 12.2. The fourth-order valence-electron chi connectivity index (χ4n) is 5.02. The van der Waals surface area contributed by atoms with Crippen LogP contribution >= 0.6 is 0 Å². The van der Waals surface area contributed by atoms with Gasteiger partial charge in [0.15, 0.2) is 0 Å². The van der Waals surface area contributed by atoms with Crippen molar-refractivity contribution >= 4 is 16.7 Å². The number of piperazine rings is 1. The number of anilines is 1. The Balaban J connectivity index is 1.38. The standard InChI is InChI=1S/C28H34N6O2/c1-5-21-17-34(14-13-33(21)16-19-15-29-27(36)32-26(19)35)23-8-6-7-22-24(23)31-25(30-22)18-9-11-20(12-10-18)28(2,3)4/h6-12,15,21H,5,13-14,16-17H2,1-4H3,(H,30,31)(H2,29,32,35,36)/t21-/m0/s1. The Hall–Kier alpha value is -3.65. The van der Waals surface area contributed by atoms with Gasteiger partial charge in [-0.1, -0.05) is 58.0 Å². The van der Waals surface area contributed by atoms with Crippen LogP contribution in [0.4, 0.5) is 5.69 Å². The van der Waals surface area contributed by atoms with E-state index >= 15 is 0 Å². The van der Waals surface area contributed by atoms with Gasteiger partial charge >= 0.3 is 5.69 Å². The molecule has 0 amide bonds. The first kappa shape index (κ1) is 24.1. The Morgan fingerprint density at radius 1 is 1.03 bits per heavy atom. The largest absolute Gasteiger partial charge is 0.367 e. The molecule has 0 radical (unpaired) electrons. The second-order valence-electron chi connectivity index (χ2n) is 10.7. The van der Waals surface area contributed by atoms with Crippen LogP contribution < -0.4 is 16.1 Å². The van der Waals surface area contributed by atoms with Crippen molar-refractivity contribution in [3.05, 3.63) is 80.6 Å². The summed E-state index contributed by atoms with van der Waals surface area (Å²) >= 11 is 0. The third-order valence-corrected chi connectivity index (χ3v) is 7.20. The molecule has 5 rings (SSSR count). The summed E-state index contributed by atoms with van der Waals surface area (Å²) in [5, 5.41) is 0. The number of nitrogens with zero attached hydrogens (tertiary/aromatic N) is 3. The summed E-state index contributed by atoms with van der Waals surface area (Å²) in [6.07, 6.45) is 2.49. The smallest absolute Gasteiger partial charge is 0.325 e. The van der Waals surface area contributed by atoms with Crippen LogP contribution in [0.1, 0.15) is 45.2 Å². The highest BCUT2D eigenvalue weighted by molar-refractivity contribution is 5.91. The molecule has 0 saturated carbocycles. The third-order valence-electron chi connectivity index (χ3n) is 7.20. The molecule has 1 saturated heterocycles. The monoisotopic (exact) mass is 486 g/mol. The number of benzene rings is 2. The van der Waals surface area contributed by atoms with E-state index in [-0.39, 0.29) is 17.0 Å². The number of rotatable bonds is 5. The van der Waals surface area contributed by atoms with E-state index in [1.807, 2.05) is 0 Å². The topological polar surface area (TPSA) is 101 Å². The fourth-order valence-corrected chi connectivity index (χ4v) is 5.02. The van der Waals surface area contributed by atoms with Crippen molar-refractivity contribution in [2.45, 2.75) is 52.1 Å². The molecule has 4 aromatic rings. The highest BCUT2D eigenvalue weighted by Crippen LogP contribution is 2.31. The van der Waals surface area contributed by atoms with Crippen molar-refractivity contribution in [1.29, 1.82) is 0 Å². The van der Waals surface area contributed by atoms with Crippen LogP contribution in [0, 0.1) is 0 Å². The van der Waals surface area contributed by atoms with Gasteiger partial charge in [-0.3, -0.25) is 14.7 Å². The van der Waals surface area contributed by atoms with Crippen LogP contribution in [-0.4, -0.2) is 50.5 Å². The zero-order chi connectivity index (χ0) is 25.4. The average molecular weight is 487 g/mol. The van der Waals surface area contributed by atoms with Gasteiger partial charge < -0.3 is 14.9 Å². The Morgan fingerprint density at radius 2 is 1.81 bits per heavy atom. The average Bonchev–Trinajstić information content (AvgIpc) is 3.30. The predicted molar refractivity (Wildman–Crippen MR) is 145 cm³/mol. The molecule has 1 aliphatic rings. The van der Waals surface area contributed by atoms with Crippen LogP contribution in [0.5, 0.6) is 0 Å². The lowest BCUT2D eigenvalue weighted by atomic mass is 9.87. The maximum Gasteiger partial charge on any atom is 0.325 e. The highest BCUT2D eigenvalue weighted by atomic mass is 16.2. The Morgan fingerprint density at radius 3 is 2.50 bits per heavy atom. The van der Waals surface area contributed by atoms with Gasteiger partial charge in [0.2, 0.25) is 0 Å². The molecule has 0 aliphatic carbocycles. The van der Waals surface area contributed by atoms with Crippen molar-refractivity contribution in [2.75, 3.05) is 24.5 Å². The minimum Gasteiger partial charge on any atom is -0.367 e. The number of H-pyrrole nitrogens is 3. The summed E-state index contributed by atoms with van der Waals surface area (Å²) in [5.74, 6) is 0.876. The molecular formula is C28H34N6O2. The first-order valence-corrected chi connectivity index (χ1v) is 12.6. The molecule has 3 heterocycles. The molecule has 0 unspecified atom stereocenters. The van der Waals surface area contributed by atoms with Crippen LogP contribution in [0.15, 0.2) is 58.3 Å². The summed E-state index contributed by atoms with van der Waals surface area (Å²) < 4.78 is 0. The lowest BCUT2D eigenvalue weighted by Crippen LogP contribution is -2.53. The fraction of sp³-hybridized carbons (Fsp3) is 0.393. The molecule has 36 heavy (non-hydrogen) atoms. The van der Waals surface area contributed by atoms with Crippen molar-refractivity contribution in [2.24, 2.45) is 0 Å². The van der Waals surface area contributed by atoms with Gasteiger partial charge in [-0.05, 0) is 29.5 Å². The first-order valence-electron chi connectivity index (χ1n) is 12.6.